The number of halogens is 2. The van der Waals surface area contributed by atoms with Crippen molar-refractivity contribution in [1.82, 2.24) is 4.90 Å². The van der Waals surface area contributed by atoms with Gasteiger partial charge in [-0.3, -0.25) is 4.90 Å². The summed E-state index contributed by atoms with van der Waals surface area (Å²) in [6.07, 6.45) is 0.0647. The predicted molar refractivity (Wildman–Crippen MR) is 57.0 cm³/mol. The fourth-order valence-corrected chi connectivity index (χ4v) is 2.34. The first-order valence-electron chi connectivity index (χ1n) is 5.50. The van der Waals surface area contributed by atoms with Crippen LogP contribution in [0.2, 0.25) is 0 Å². The summed E-state index contributed by atoms with van der Waals surface area (Å²) in [5.41, 5.74) is 0.383. The average molecular weight is 227 g/mol. The second kappa shape index (κ2) is 4.47. The van der Waals surface area contributed by atoms with Crippen molar-refractivity contribution in [2.24, 2.45) is 0 Å². The maximum atomic E-state index is 13.6. The molecule has 1 aromatic rings. The number of likely N-dealkylation sites (N-methyl/N-ethyl adjacent to an activating group) is 1. The molecule has 1 aliphatic rings. The number of benzene rings is 1. The van der Waals surface area contributed by atoms with E-state index in [0.717, 1.165) is 19.2 Å². The molecule has 16 heavy (non-hydrogen) atoms. The maximum absolute atomic E-state index is 13.6. The van der Waals surface area contributed by atoms with Crippen molar-refractivity contribution in [3.63, 3.8) is 0 Å². The summed E-state index contributed by atoms with van der Waals surface area (Å²) in [7, 11) is 0. The Morgan fingerprint density at radius 3 is 2.81 bits per heavy atom. The van der Waals surface area contributed by atoms with Crippen LogP contribution in [0.3, 0.4) is 0 Å². The van der Waals surface area contributed by atoms with E-state index in [-0.39, 0.29) is 6.04 Å². The Bertz CT molecular complexity index is 383. The molecule has 1 N–H and O–H groups in total. The Balaban J connectivity index is 2.34. The second-order valence-corrected chi connectivity index (χ2v) is 4.10. The fourth-order valence-electron chi connectivity index (χ4n) is 2.34. The summed E-state index contributed by atoms with van der Waals surface area (Å²) in [6, 6.07) is 3.18. The van der Waals surface area contributed by atoms with Gasteiger partial charge in [-0.1, -0.05) is 13.0 Å². The molecule has 0 saturated carbocycles. The molecule has 2 rings (SSSR count). The number of aliphatic hydroxyl groups is 1. The third-order valence-electron chi connectivity index (χ3n) is 3.16. The molecule has 1 heterocycles. The molecule has 1 fully saturated rings. The van der Waals surface area contributed by atoms with Crippen LogP contribution in [0.25, 0.3) is 0 Å². The van der Waals surface area contributed by atoms with Gasteiger partial charge < -0.3 is 5.11 Å². The Kier molecular flexibility index (Phi) is 3.21. The van der Waals surface area contributed by atoms with Crippen molar-refractivity contribution in [1.29, 1.82) is 0 Å². The van der Waals surface area contributed by atoms with Crippen molar-refractivity contribution >= 4 is 0 Å². The van der Waals surface area contributed by atoms with Gasteiger partial charge in [0.2, 0.25) is 0 Å². The van der Waals surface area contributed by atoms with Gasteiger partial charge in [0.15, 0.2) is 0 Å². The van der Waals surface area contributed by atoms with E-state index in [2.05, 4.69) is 0 Å². The second-order valence-electron chi connectivity index (χ2n) is 4.10. The van der Waals surface area contributed by atoms with Gasteiger partial charge in [-0.15, -0.1) is 0 Å². The minimum Gasteiger partial charge on any atom is -0.391 e. The first kappa shape index (κ1) is 11.5. The van der Waals surface area contributed by atoms with Crippen molar-refractivity contribution in [2.75, 3.05) is 13.1 Å². The molecule has 4 heteroatoms. The highest BCUT2D eigenvalue weighted by atomic mass is 19.1. The van der Waals surface area contributed by atoms with Crippen LogP contribution >= 0.6 is 0 Å². The van der Waals surface area contributed by atoms with Gasteiger partial charge in [0.25, 0.3) is 0 Å². The molecule has 0 aromatic heterocycles. The minimum atomic E-state index is -0.586. The summed E-state index contributed by atoms with van der Waals surface area (Å²) in [6.45, 7) is 3.46. The summed E-state index contributed by atoms with van der Waals surface area (Å²) in [5.74, 6) is -1.17. The van der Waals surface area contributed by atoms with Gasteiger partial charge in [0.1, 0.15) is 11.6 Å². The summed E-state index contributed by atoms with van der Waals surface area (Å²) in [5, 5.41) is 9.84. The Hall–Kier alpha value is -1.00. The maximum Gasteiger partial charge on any atom is 0.131 e. The molecule has 0 aliphatic carbocycles. The van der Waals surface area contributed by atoms with E-state index < -0.39 is 17.7 Å². The summed E-state index contributed by atoms with van der Waals surface area (Å²) < 4.78 is 26.4. The number of hydrogen-bond donors (Lipinski definition) is 1. The Labute approximate surface area is 93.5 Å². The zero-order valence-corrected chi connectivity index (χ0v) is 9.16. The van der Waals surface area contributed by atoms with Crippen LogP contribution in [-0.2, 0) is 0 Å². The molecule has 0 spiro atoms. The highest BCUT2D eigenvalue weighted by Crippen LogP contribution is 2.33. The number of likely N-dealkylation sites (tertiary alicyclic amines) is 1. The molecule has 1 aromatic carbocycles. The molecule has 2 nitrogen and oxygen atoms in total. The zero-order valence-electron chi connectivity index (χ0n) is 9.16. The first-order chi connectivity index (χ1) is 7.63. The molecule has 1 saturated heterocycles. The van der Waals surface area contributed by atoms with E-state index in [9.17, 15) is 13.9 Å². The third kappa shape index (κ3) is 1.95. The Morgan fingerprint density at radius 1 is 1.44 bits per heavy atom. The van der Waals surface area contributed by atoms with E-state index in [4.69, 9.17) is 0 Å². The van der Waals surface area contributed by atoms with Gasteiger partial charge in [0, 0.05) is 18.2 Å². The normalized spacial score (nSPS) is 26.2. The smallest absolute Gasteiger partial charge is 0.131 e. The highest BCUT2D eigenvalue weighted by Gasteiger charge is 2.34. The molecule has 2 atom stereocenters. The van der Waals surface area contributed by atoms with Crippen LogP contribution < -0.4 is 0 Å². The van der Waals surface area contributed by atoms with Gasteiger partial charge in [-0.25, -0.2) is 8.78 Å². The first-order valence-corrected chi connectivity index (χ1v) is 5.50. The number of hydrogen-bond acceptors (Lipinski definition) is 2. The third-order valence-corrected chi connectivity index (χ3v) is 3.16. The summed E-state index contributed by atoms with van der Waals surface area (Å²) in [4.78, 5) is 2.00. The van der Waals surface area contributed by atoms with Crippen LogP contribution in [0.4, 0.5) is 8.78 Å². The number of aliphatic hydroxyl groups excluding tert-OH is 1. The lowest BCUT2D eigenvalue weighted by Crippen LogP contribution is -2.28. The molecule has 88 valence electrons. The van der Waals surface area contributed by atoms with Gasteiger partial charge in [-0.2, -0.15) is 0 Å². The number of rotatable bonds is 2. The summed E-state index contributed by atoms with van der Waals surface area (Å²) >= 11 is 0. The van der Waals surface area contributed by atoms with E-state index in [1.165, 1.54) is 12.1 Å². The predicted octanol–water partition coefficient (Wildman–Crippen LogP) is 2.09. The lowest BCUT2D eigenvalue weighted by Gasteiger charge is -2.25. The van der Waals surface area contributed by atoms with Crippen LogP contribution in [0.5, 0.6) is 0 Å². The number of nitrogens with zero attached hydrogens (tertiary/aromatic N) is 1. The quantitative estimate of drug-likeness (QED) is 0.836. The van der Waals surface area contributed by atoms with Gasteiger partial charge in [0.05, 0.1) is 12.1 Å². The van der Waals surface area contributed by atoms with Crippen LogP contribution in [-0.4, -0.2) is 29.2 Å². The molecule has 2 unspecified atom stereocenters. The van der Waals surface area contributed by atoms with Gasteiger partial charge in [-0.05, 0) is 19.0 Å². The molecular formula is C12H15F2NO. The highest BCUT2D eigenvalue weighted by molar-refractivity contribution is 5.24. The average Bonchev–Trinajstić information content (AvgIpc) is 2.60. The molecule has 0 amide bonds. The fraction of sp³-hybridized carbons (Fsp3) is 0.500. The van der Waals surface area contributed by atoms with E-state index in [1.807, 2.05) is 11.8 Å². The van der Waals surface area contributed by atoms with E-state index in [1.54, 1.807) is 0 Å². The minimum absolute atomic E-state index is 0.342. The van der Waals surface area contributed by atoms with Crippen LogP contribution in [0, 0.1) is 11.6 Å². The molecule has 0 bridgehead atoms. The Morgan fingerprint density at radius 2 is 2.19 bits per heavy atom. The van der Waals surface area contributed by atoms with Gasteiger partial charge >= 0.3 is 0 Å². The molecule has 0 radical (unpaired) electrons. The lowest BCUT2D eigenvalue weighted by atomic mass is 10.0. The molecular weight excluding hydrogens is 212 g/mol. The lowest BCUT2D eigenvalue weighted by molar-refractivity contribution is 0.116. The van der Waals surface area contributed by atoms with E-state index in [0.29, 0.717) is 12.0 Å². The van der Waals surface area contributed by atoms with Crippen molar-refractivity contribution < 1.29 is 13.9 Å². The van der Waals surface area contributed by atoms with E-state index >= 15 is 0 Å². The largest absolute Gasteiger partial charge is 0.391 e. The topological polar surface area (TPSA) is 23.5 Å². The zero-order chi connectivity index (χ0) is 11.7. The van der Waals surface area contributed by atoms with Crippen LogP contribution in [0.15, 0.2) is 18.2 Å². The van der Waals surface area contributed by atoms with Crippen molar-refractivity contribution in [3.8, 4) is 0 Å². The SMILES string of the molecule is CCN1CCC(O)C1c1ccc(F)cc1F. The van der Waals surface area contributed by atoms with Crippen molar-refractivity contribution in [2.45, 2.75) is 25.5 Å². The van der Waals surface area contributed by atoms with Crippen molar-refractivity contribution in [3.05, 3.63) is 35.4 Å². The molecule has 1 aliphatic heterocycles. The monoisotopic (exact) mass is 227 g/mol. The standard InChI is InChI=1S/C12H15F2NO/c1-2-15-6-5-11(16)12(15)9-4-3-8(13)7-10(9)14/h3-4,7,11-12,16H,2,5-6H2,1H3. The van der Waals surface area contributed by atoms with Crippen LogP contribution in [0.1, 0.15) is 24.9 Å².